The van der Waals surface area contributed by atoms with Gasteiger partial charge < -0.3 is 10.6 Å². The first kappa shape index (κ1) is 20.7. The molecule has 0 spiro atoms. The van der Waals surface area contributed by atoms with E-state index in [0.717, 1.165) is 0 Å². The zero-order valence-corrected chi connectivity index (χ0v) is 15.5. The Bertz CT molecular complexity index is 853. The van der Waals surface area contributed by atoms with Crippen LogP contribution in [0, 0.1) is 0 Å². The number of nitrogens with zero attached hydrogens (tertiary/aromatic N) is 3. The highest BCUT2D eigenvalue weighted by molar-refractivity contribution is 7.80. The SMILES string of the molecule is NC(CONC(=O)[C@@H]1CC(F)(F)[C@@H]2CN1C(=O)N2OS(=O)(=O)O)c1nccs1. The lowest BCUT2D eigenvalue weighted by Gasteiger charge is -2.34. The lowest BCUT2D eigenvalue weighted by Crippen LogP contribution is -2.56. The van der Waals surface area contributed by atoms with Crippen molar-refractivity contribution in [2.75, 3.05) is 13.2 Å². The van der Waals surface area contributed by atoms with Crippen molar-refractivity contribution in [2.45, 2.75) is 30.5 Å². The first-order valence-electron chi connectivity index (χ1n) is 7.71. The Hall–Kier alpha value is -1.98. The average molecular weight is 443 g/mol. The summed E-state index contributed by atoms with van der Waals surface area (Å²) >= 11 is 1.26. The molecule has 2 aliphatic heterocycles. The molecular formula is C12H15F2N5O7S2. The van der Waals surface area contributed by atoms with Crippen LogP contribution in [-0.2, 0) is 24.3 Å². The van der Waals surface area contributed by atoms with Gasteiger partial charge in [0.05, 0.1) is 19.2 Å². The van der Waals surface area contributed by atoms with Crippen LogP contribution in [0.1, 0.15) is 17.5 Å². The second kappa shape index (κ2) is 7.45. The third kappa shape index (κ3) is 4.20. The van der Waals surface area contributed by atoms with Crippen molar-refractivity contribution in [3.63, 3.8) is 0 Å². The van der Waals surface area contributed by atoms with E-state index in [4.69, 9.17) is 15.1 Å². The maximum absolute atomic E-state index is 14.3. The van der Waals surface area contributed by atoms with Crippen molar-refractivity contribution in [3.8, 4) is 0 Å². The van der Waals surface area contributed by atoms with Crippen LogP contribution in [-0.4, -0.2) is 71.0 Å². The normalized spacial score (nSPS) is 25.1. The lowest BCUT2D eigenvalue weighted by molar-refractivity contribution is -0.159. The molecule has 2 fully saturated rings. The molecule has 12 nitrogen and oxygen atoms in total. The Morgan fingerprint density at radius 2 is 2.29 bits per heavy atom. The summed E-state index contributed by atoms with van der Waals surface area (Å²) in [6.45, 7) is -0.880. The molecule has 1 aromatic heterocycles. The standard InChI is InChI=1S/C12H15F2N5O7S2/c13-12(14)3-7(9(20)17-25-5-6(15)10-16-1-2-27-10)18-4-8(12)19(11(18)21)26-28(22,23)24/h1-2,6-8H,3-5,15H2,(H,17,20)(H,22,23,24)/t6?,7-,8-/m0/s1. The minimum absolute atomic E-state index is 0.151. The number of carbonyl (C=O) groups is 2. The molecule has 3 rings (SSSR count). The molecule has 3 atom stereocenters. The summed E-state index contributed by atoms with van der Waals surface area (Å²) in [4.78, 5) is 34.0. The minimum atomic E-state index is -5.21. The number of urea groups is 1. The molecule has 1 unspecified atom stereocenters. The first-order chi connectivity index (χ1) is 13.0. The Balaban J connectivity index is 1.64. The van der Waals surface area contributed by atoms with Gasteiger partial charge in [0.2, 0.25) is 0 Å². The Morgan fingerprint density at radius 3 is 2.89 bits per heavy atom. The molecule has 2 saturated heterocycles. The number of carbonyl (C=O) groups excluding carboxylic acids is 2. The number of thiazole rings is 1. The number of hydrogen-bond donors (Lipinski definition) is 3. The Kier molecular flexibility index (Phi) is 5.52. The van der Waals surface area contributed by atoms with Gasteiger partial charge in [-0.3, -0.25) is 14.2 Å². The molecule has 0 aromatic carbocycles. The number of fused-ring (bicyclic) bond motifs is 2. The first-order valence-corrected chi connectivity index (χ1v) is 9.95. The highest BCUT2D eigenvalue weighted by Crippen LogP contribution is 2.41. The van der Waals surface area contributed by atoms with Crippen LogP contribution in [0.4, 0.5) is 13.6 Å². The molecule has 2 bridgehead atoms. The third-order valence-corrected chi connectivity index (χ3v) is 5.35. The van der Waals surface area contributed by atoms with Gasteiger partial charge in [0.15, 0.2) is 0 Å². The summed E-state index contributed by atoms with van der Waals surface area (Å²) < 4.78 is 62.9. The van der Waals surface area contributed by atoms with Crippen LogP contribution in [0.3, 0.4) is 0 Å². The molecule has 3 amide bonds. The molecule has 16 heteroatoms. The zero-order chi connectivity index (χ0) is 20.7. The van der Waals surface area contributed by atoms with E-state index in [2.05, 4.69) is 9.27 Å². The molecule has 28 heavy (non-hydrogen) atoms. The maximum Gasteiger partial charge on any atom is 0.418 e. The van der Waals surface area contributed by atoms with Crippen molar-refractivity contribution >= 4 is 33.7 Å². The fourth-order valence-corrected chi connectivity index (χ4v) is 3.84. The predicted octanol–water partition coefficient (Wildman–Crippen LogP) is -0.561. The quantitative estimate of drug-likeness (QED) is 0.370. The van der Waals surface area contributed by atoms with Crippen LogP contribution in [0.5, 0.6) is 0 Å². The summed E-state index contributed by atoms with van der Waals surface area (Å²) in [6, 6.07) is -5.60. The van der Waals surface area contributed by atoms with E-state index in [0.29, 0.717) is 9.91 Å². The van der Waals surface area contributed by atoms with Crippen LogP contribution in [0.25, 0.3) is 0 Å². The largest absolute Gasteiger partial charge is 0.418 e. The number of hydroxylamine groups is 3. The van der Waals surface area contributed by atoms with E-state index in [1.807, 2.05) is 5.48 Å². The van der Waals surface area contributed by atoms with E-state index in [1.54, 1.807) is 5.38 Å². The summed E-state index contributed by atoms with van der Waals surface area (Å²) in [6.07, 6.45) is 0.431. The van der Waals surface area contributed by atoms with Gasteiger partial charge >= 0.3 is 16.4 Å². The number of nitrogens with two attached hydrogens (primary N) is 1. The fourth-order valence-electron chi connectivity index (χ4n) is 2.85. The molecule has 0 aliphatic carbocycles. The van der Waals surface area contributed by atoms with Crippen molar-refractivity contribution in [1.29, 1.82) is 0 Å². The average Bonchev–Trinajstić information content (AvgIpc) is 3.20. The van der Waals surface area contributed by atoms with Crippen molar-refractivity contribution < 1.29 is 40.5 Å². The number of aromatic nitrogens is 1. The van der Waals surface area contributed by atoms with E-state index in [-0.39, 0.29) is 11.7 Å². The summed E-state index contributed by atoms with van der Waals surface area (Å²) in [5, 5.41) is 2.07. The van der Waals surface area contributed by atoms with Crippen molar-refractivity contribution in [2.24, 2.45) is 5.73 Å². The number of hydrogen-bond acceptors (Lipinski definition) is 9. The van der Waals surface area contributed by atoms with E-state index < -0.39 is 59.4 Å². The van der Waals surface area contributed by atoms with Gasteiger partial charge in [0.25, 0.3) is 11.8 Å². The monoisotopic (exact) mass is 443 g/mol. The number of alkyl halides is 2. The number of amides is 3. The topological polar surface area (TPSA) is 164 Å². The molecule has 156 valence electrons. The number of rotatable bonds is 7. The second-order valence-corrected chi connectivity index (χ2v) is 7.94. The van der Waals surface area contributed by atoms with Crippen LogP contribution >= 0.6 is 11.3 Å². The number of halogens is 2. The lowest BCUT2D eigenvalue weighted by atomic mass is 9.96. The van der Waals surface area contributed by atoms with E-state index >= 15 is 0 Å². The molecule has 1 aromatic rings. The molecule has 4 N–H and O–H groups in total. The van der Waals surface area contributed by atoms with Gasteiger partial charge in [-0.2, -0.15) is 13.5 Å². The minimum Gasteiger partial charge on any atom is -0.320 e. The van der Waals surface area contributed by atoms with Crippen LogP contribution in [0.15, 0.2) is 11.6 Å². The summed E-state index contributed by atoms with van der Waals surface area (Å²) in [5.41, 5.74) is 7.74. The van der Waals surface area contributed by atoms with Crippen molar-refractivity contribution in [3.05, 3.63) is 16.6 Å². The predicted molar refractivity (Wildman–Crippen MR) is 86.9 cm³/mol. The molecule has 3 heterocycles. The Labute approximate surface area is 161 Å². The maximum atomic E-state index is 14.3. The second-order valence-electron chi connectivity index (χ2n) is 6.01. The van der Waals surface area contributed by atoms with Gasteiger partial charge in [0, 0.05) is 18.0 Å². The molecule has 0 radical (unpaired) electrons. The van der Waals surface area contributed by atoms with E-state index in [1.165, 1.54) is 17.5 Å². The number of piperidine rings is 1. The van der Waals surface area contributed by atoms with Gasteiger partial charge in [0.1, 0.15) is 17.1 Å². The van der Waals surface area contributed by atoms with Gasteiger partial charge in [-0.25, -0.2) is 24.0 Å². The van der Waals surface area contributed by atoms with Crippen LogP contribution in [0.2, 0.25) is 0 Å². The number of nitrogens with one attached hydrogen (secondary N) is 1. The zero-order valence-electron chi connectivity index (χ0n) is 13.9. The van der Waals surface area contributed by atoms with Gasteiger partial charge in [-0.05, 0) is 0 Å². The van der Waals surface area contributed by atoms with Gasteiger partial charge in [-0.1, -0.05) is 0 Å². The van der Waals surface area contributed by atoms with E-state index in [9.17, 15) is 26.8 Å². The van der Waals surface area contributed by atoms with Crippen LogP contribution < -0.4 is 11.2 Å². The Morgan fingerprint density at radius 1 is 1.57 bits per heavy atom. The highest BCUT2D eigenvalue weighted by atomic mass is 32.3. The fraction of sp³-hybridized carbons (Fsp3) is 0.583. The van der Waals surface area contributed by atoms with Crippen molar-refractivity contribution in [1.82, 2.24) is 20.4 Å². The smallest absolute Gasteiger partial charge is 0.320 e. The molecule has 2 aliphatic rings. The molecule has 0 saturated carbocycles. The highest BCUT2D eigenvalue weighted by Gasteiger charge is 2.62. The van der Waals surface area contributed by atoms with Gasteiger partial charge in [-0.15, -0.1) is 15.6 Å². The summed E-state index contributed by atoms with van der Waals surface area (Å²) in [7, 11) is -5.21. The third-order valence-electron chi connectivity index (χ3n) is 4.10. The summed E-state index contributed by atoms with van der Waals surface area (Å²) in [5.74, 6) is -4.71. The molecular weight excluding hydrogens is 428 g/mol.